The van der Waals surface area contributed by atoms with Gasteiger partial charge in [0.05, 0.1) is 12.7 Å². The summed E-state index contributed by atoms with van der Waals surface area (Å²) in [5, 5.41) is 0. The maximum absolute atomic E-state index is 11.5. The van der Waals surface area contributed by atoms with E-state index in [1.807, 2.05) is 42.7 Å². The molecule has 0 N–H and O–H groups in total. The number of pyridine rings is 1. The van der Waals surface area contributed by atoms with Crippen LogP contribution in [0.4, 0.5) is 0 Å². The second-order valence-electron chi connectivity index (χ2n) is 5.96. The first-order chi connectivity index (χ1) is 11.3. The van der Waals surface area contributed by atoms with Crippen LogP contribution in [0.2, 0.25) is 0 Å². The number of methoxy groups -OCH3 is 1. The molecule has 120 valence electrons. The van der Waals surface area contributed by atoms with Crippen LogP contribution in [0.15, 0.2) is 48.8 Å². The highest BCUT2D eigenvalue weighted by atomic mass is 16.5. The average molecular weight is 310 g/mol. The van der Waals surface area contributed by atoms with E-state index in [0.717, 1.165) is 13.1 Å². The summed E-state index contributed by atoms with van der Waals surface area (Å²) in [5.41, 5.74) is 3.10. The second kappa shape index (κ2) is 7.38. The maximum Gasteiger partial charge on any atom is 0.337 e. The van der Waals surface area contributed by atoms with E-state index in [0.29, 0.717) is 11.6 Å². The van der Waals surface area contributed by atoms with E-state index in [-0.39, 0.29) is 5.97 Å². The SMILES string of the molecule is COC(=O)c1ccc(CN2CCCCC2c2cccnc2)cc1. The quantitative estimate of drug-likeness (QED) is 0.809. The number of nitrogens with zero attached hydrogens (tertiary/aromatic N) is 2. The molecule has 1 fully saturated rings. The highest BCUT2D eigenvalue weighted by Crippen LogP contribution is 2.31. The minimum absolute atomic E-state index is 0.289. The number of piperidine rings is 1. The number of rotatable bonds is 4. The molecule has 2 aromatic rings. The van der Waals surface area contributed by atoms with E-state index in [1.54, 1.807) is 0 Å². The minimum Gasteiger partial charge on any atom is -0.465 e. The number of hydrogen-bond donors (Lipinski definition) is 0. The van der Waals surface area contributed by atoms with Crippen LogP contribution in [0.5, 0.6) is 0 Å². The van der Waals surface area contributed by atoms with Gasteiger partial charge in [-0.15, -0.1) is 0 Å². The molecule has 4 heteroatoms. The van der Waals surface area contributed by atoms with E-state index >= 15 is 0 Å². The highest BCUT2D eigenvalue weighted by Gasteiger charge is 2.24. The summed E-state index contributed by atoms with van der Waals surface area (Å²) in [6.45, 7) is 1.99. The number of benzene rings is 1. The summed E-state index contributed by atoms with van der Waals surface area (Å²) in [7, 11) is 1.41. The van der Waals surface area contributed by atoms with Gasteiger partial charge < -0.3 is 4.74 Å². The number of aromatic nitrogens is 1. The smallest absolute Gasteiger partial charge is 0.337 e. The zero-order chi connectivity index (χ0) is 16.1. The van der Waals surface area contributed by atoms with E-state index in [1.165, 1.54) is 37.5 Å². The van der Waals surface area contributed by atoms with Gasteiger partial charge in [0.2, 0.25) is 0 Å². The largest absolute Gasteiger partial charge is 0.465 e. The molecule has 1 aliphatic heterocycles. The Morgan fingerprint density at radius 2 is 2.09 bits per heavy atom. The van der Waals surface area contributed by atoms with Crippen LogP contribution in [0.1, 0.15) is 46.8 Å². The molecule has 2 heterocycles. The lowest BCUT2D eigenvalue weighted by Crippen LogP contribution is -2.33. The molecule has 1 saturated heterocycles. The van der Waals surface area contributed by atoms with Crippen molar-refractivity contribution in [1.82, 2.24) is 9.88 Å². The minimum atomic E-state index is -0.289. The lowest BCUT2D eigenvalue weighted by molar-refractivity contribution is 0.0600. The topological polar surface area (TPSA) is 42.4 Å². The molecule has 0 aliphatic carbocycles. The van der Waals surface area contributed by atoms with Crippen molar-refractivity contribution in [3.8, 4) is 0 Å². The number of ether oxygens (including phenoxy) is 1. The fourth-order valence-electron chi connectivity index (χ4n) is 3.23. The molecular weight excluding hydrogens is 288 g/mol. The molecule has 0 amide bonds. The van der Waals surface area contributed by atoms with E-state index in [2.05, 4.69) is 16.0 Å². The molecular formula is C19H22N2O2. The second-order valence-corrected chi connectivity index (χ2v) is 5.96. The van der Waals surface area contributed by atoms with Gasteiger partial charge in [-0.25, -0.2) is 4.79 Å². The molecule has 0 saturated carbocycles. The number of likely N-dealkylation sites (tertiary alicyclic amines) is 1. The van der Waals surface area contributed by atoms with Crippen molar-refractivity contribution in [3.63, 3.8) is 0 Å². The van der Waals surface area contributed by atoms with Crippen LogP contribution in [0, 0.1) is 0 Å². The molecule has 1 aromatic heterocycles. The third-order valence-corrected chi connectivity index (χ3v) is 4.44. The first kappa shape index (κ1) is 15.7. The first-order valence-electron chi connectivity index (χ1n) is 8.09. The summed E-state index contributed by atoms with van der Waals surface area (Å²) in [6, 6.07) is 12.3. The Labute approximate surface area is 137 Å². The van der Waals surface area contributed by atoms with E-state index < -0.39 is 0 Å². The van der Waals surface area contributed by atoms with Crippen molar-refractivity contribution < 1.29 is 9.53 Å². The zero-order valence-corrected chi connectivity index (χ0v) is 13.4. The van der Waals surface area contributed by atoms with Gasteiger partial charge in [-0.2, -0.15) is 0 Å². The van der Waals surface area contributed by atoms with Gasteiger partial charge in [-0.1, -0.05) is 24.6 Å². The van der Waals surface area contributed by atoms with Gasteiger partial charge in [-0.05, 0) is 48.7 Å². The van der Waals surface area contributed by atoms with Crippen molar-refractivity contribution in [2.75, 3.05) is 13.7 Å². The summed E-state index contributed by atoms with van der Waals surface area (Å²) in [4.78, 5) is 18.3. The van der Waals surface area contributed by atoms with Gasteiger partial charge >= 0.3 is 5.97 Å². The molecule has 23 heavy (non-hydrogen) atoms. The third kappa shape index (κ3) is 3.77. The molecule has 0 bridgehead atoms. The van der Waals surface area contributed by atoms with Crippen molar-refractivity contribution >= 4 is 5.97 Å². The molecule has 3 rings (SSSR count). The molecule has 1 aliphatic rings. The Kier molecular flexibility index (Phi) is 5.03. The lowest BCUT2D eigenvalue weighted by atomic mass is 9.95. The third-order valence-electron chi connectivity index (χ3n) is 4.44. The maximum atomic E-state index is 11.5. The van der Waals surface area contributed by atoms with E-state index in [9.17, 15) is 4.79 Å². The molecule has 1 atom stereocenters. The van der Waals surface area contributed by atoms with Crippen LogP contribution >= 0.6 is 0 Å². The lowest BCUT2D eigenvalue weighted by Gasteiger charge is -2.36. The van der Waals surface area contributed by atoms with Gasteiger partial charge in [0.1, 0.15) is 0 Å². The Morgan fingerprint density at radius 1 is 1.26 bits per heavy atom. The van der Waals surface area contributed by atoms with Gasteiger partial charge in [-0.3, -0.25) is 9.88 Å². The molecule has 4 nitrogen and oxygen atoms in total. The predicted molar refractivity (Wildman–Crippen MR) is 89.0 cm³/mol. The highest BCUT2D eigenvalue weighted by molar-refractivity contribution is 5.89. The fraction of sp³-hybridized carbons (Fsp3) is 0.368. The van der Waals surface area contributed by atoms with Crippen molar-refractivity contribution in [1.29, 1.82) is 0 Å². The monoisotopic (exact) mass is 310 g/mol. The number of esters is 1. The Balaban J connectivity index is 1.73. The Bertz CT molecular complexity index is 640. The van der Waals surface area contributed by atoms with E-state index in [4.69, 9.17) is 4.74 Å². The average Bonchev–Trinajstić information content (AvgIpc) is 2.63. The number of hydrogen-bond acceptors (Lipinski definition) is 4. The molecule has 1 unspecified atom stereocenters. The summed E-state index contributed by atoms with van der Waals surface area (Å²) < 4.78 is 4.74. The normalized spacial score (nSPS) is 18.6. The zero-order valence-electron chi connectivity index (χ0n) is 13.4. The van der Waals surface area contributed by atoms with Crippen LogP contribution < -0.4 is 0 Å². The van der Waals surface area contributed by atoms with Crippen LogP contribution in [-0.2, 0) is 11.3 Å². The fourth-order valence-corrected chi connectivity index (χ4v) is 3.23. The van der Waals surface area contributed by atoms with Crippen molar-refractivity contribution in [3.05, 3.63) is 65.5 Å². The summed E-state index contributed by atoms with van der Waals surface area (Å²) in [5.74, 6) is -0.289. The van der Waals surface area contributed by atoms with Gasteiger partial charge in [0.15, 0.2) is 0 Å². The molecule has 0 spiro atoms. The van der Waals surface area contributed by atoms with Crippen LogP contribution in [-0.4, -0.2) is 29.5 Å². The van der Waals surface area contributed by atoms with Crippen LogP contribution in [0.3, 0.4) is 0 Å². The van der Waals surface area contributed by atoms with Crippen LogP contribution in [0.25, 0.3) is 0 Å². The van der Waals surface area contributed by atoms with Crippen molar-refractivity contribution in [2.45, 2.75) is 31.8 Å². The molecule has 1 aromatic carbocycles. The number of carbonyl (C=O) groups excluding carboxylic acids is 1. The van der Waals surface area contributed by atoms with Gasteiger partial charge in [0, 0.05) is 25.0 Å². The van der Waals surface area contributed by atoms with Gasteiger partial charge in [0.25, 0.3) is 0 Å². The van der Waals surface area contributed by atoms with Crippen molar-refractivity contribution in [2.24, 2.45) is 0 Å². The predicted octanol–water partition coefficient (Wildman–Crippen LogP) is 3.60. The Morgan fingerprint density at radius 3 is 2.78 bits per heavy atom. The summed E-state index contributed by atoms with van der Waals surface area (Å²) >= 11 is 0. The Hall–Kier alpha value is -2.20. The summed E-state index contributed by atoms with van der Waals surface area (Å²) in [6.07, 6.45) is 7.46. The number of carbonyl (C=O) groups is 1. The molecule has 0 radical (unpaired) electrons. The standard InChI is InChI=1S/C19H22N2O2/c1-23-19(22)16-9-7-15(8-10-16)14-21-12-3-2-6-18(21)17-5-4-11-20-13-17/h4-5,7-11,13,18H,2-3,6,12,14H2,1H3. The first-order valence-corrected chi connectivity index (χ1v) is 8.09.